The Kier molecular flexibility index (Phi) is 4.82. The topological polar surface area (TPSA) is 41.5 Å². The standard InChI is InChI=1S/C15H15ClFNO2/c1-20-12-5-3-11(4-6-12)18-15(9-19)10-2-7-13(16)14(17)8-10/h2-8,15,18-19H,9H2,1H3. The summed E-state index contributed by atoms with van der Waals surface area (Å²) >= 11 is 5.65. The van der Waals surface area contributed by atoms with Gasteiger partial charge >= 0.3 is 0 Å². The lowest BCUT2D eigenvalue weighted by molar-refractivity contribution is 0.276. The molecule has 0 aliphatic heterocycles. The summed E-state index contributed by atoms with van der Waals surface area (Å²) < 4.78 is 18.5. The maximum Gasteiger partial charge on any atom is 0.142 e. The van der Waals surface area contributed by atoms with E-state index in [1.54, 1.807) is 25.3 Å². The second-order valence-electron chi connectivity index (χ2n) is 4.28. The SMILES string of the molecule is COc1ccc(NC(CO)c2ccc(Cl)c(F)c2)cc1. The van der Waals surface area contributed by atoms with Crippen molar-refractivity contribution in [3.05, 3.63) is 58.9 Å². The molecule has 0 radical (unpaired) electrons. The van der Waals surface area contributed by atoms with Crippen molar-refractivity contribution >= 4 is 17.3 Å². The fourth-order valence-corrected chi connectivity index (χ4v) is 1.97. The predicted octanol–water partition coefficient (Wildman–Crippen LogP) is 3.63. The van der Waals surface area contributed by atoms with Gasteiger partial charge in [-0.2, -0.15) is 0 Å². The van der Waals surface area contributed by atoms with Gasteiger partial charge in [0.15, 0.2) is 0 Å². The normalized spacial score (nSPS) is 12.0. The molecule has 1 unspecified atom stereocenters. The van der Waals surface area contributed by atoms with Crippen molar-refractivity contribution < 1.29 is 14.2 Å². The zero-order valence-corrected chi connectivity index (χ0v) is 11.7. The molecule has 2 rings (SSSR count). The lowest BCUT2D eigenvalue weighted by Crippen LogP contribution is -2.15. The van der Waals surface area contributed by atoms with E-state index in [0.717, 1.165) is 11.4 Å². The minimum atomic E-state index is -0.501. The molecule has 20 heavy (non-hydrogen) atoms. The number of hydrogen-bond donors (Lipinski definition) is 2. The van der Waals surface area contributed by atoms with Crippen molar-refractivity contribution in [3.8, 4) is 5.75 Å². The van der Waals surface area contributed by atoms with Crippen molar-refractivity contribution in [1.82, 2.24) is 0 Å². The van der Waals surface area contributed by atoms with Gasteiger partial charge in [-0.3, -0.25) is 0 Å². The van der Waals surface area contributed by atoms with Crippen LogP contribution in [0.2, 0.25) is 5.02 Å². The Bertz CT molecular complexity index is 575. The summed E-state index contributed by atoms with van der Waals surface area (Å²) in [6.45, 7) is -0.160. The summed E-state index contributed by atoms with van der Waals surface area (Å²) in [7, 11) is 1.59. The third-order valence-corrected chi connectivity index (χ3v) is 3.27. The molecule has 0 spiro atoms. The Morgan fingerprint density at radius 3 is 2.50 bits per heavy atom. The minimum absolute atomic E-state index is 0.0647. The smallest absolute Gasteiger partial charge is 0.142 e. The largest absolute Gasteiger partial charge is 0.497 e. The summed E-state index contributed by atoms with van der Waals surface area (Å²) in [6, 6.07) is 11.3. The average Bonchev–Trinajstić information content (AvgIpc) is 2.48. The van der Waals surface area contributed by atoms with Gasteiger partial charge in [-0.15, -0.1) is 0 Å². The molecule has 0 heterocycles. The molecule has 0 saturated heterocycles. The van der Waals surface area contributed by atoms with Crippen LogP contribution >= 0.6 is 11.6 Å². The van der Waals surface area contributed by atoms with E-state index in [2.05, 4.69) is 5.32 Å². The number of ether oxygens (including phenoxy) is 1. The van der Waals surface area contributed by atoms with Crippen LogP contribution in [-0.2, 0) is 0 Å². The van der Waals surface area contributed by atoms with Crippen LogP contribution in [0.25, 0.3) is 0 Å². The second-order valence-corrected chi connectivity index (χ2v) is 4.69. The van der Waals surface area contributed by atoms with Crippen molar-refractivity contribution in [1.29, 1.82) is 0 Å². The average molecular weight is 296 g/mol. The highest BCUT2D eigenvalue weighted by atomic mass is 35.5. The Hall–Kier alpha value is -1.78. The second kappa shape index (κ2) is 6.59. The van der Waals surface area contributed by atoms with Crippen LogP contribution in [0, 0.1) is 5.82 Å². The molecule has 2 N–H and O–H groups in total. The Morgan fingerprint density at radius 2 is 1.95 bits per heavy atom. The Labute approximate surface area is 122 Å². The highest BCUT2D eigenvalue weighted by molar-refractivity contribution is 6.30. The van der Waals surface area contributed by atoms with E-state index in [-0.39, 0.29) is 11.6 Å². The van der Waals surface area contributed by atoms with Crippen LogP contribution < -0.4 is 10.1 Å². The van der Waals surface area contributed by atoms with Gasteiger partial charge in [0.1, 0.15) is 11.6 Å². The zero-order chi connectivity index (χ0) is 14.5. The molecule has 2 aromatic carbocycles. The third kappa shape index (κ3) is 3.40. The van der Waals surface area contributed by atoms with Gasteiger partial charge in [0.05, 0.1) is 24.8 Å². The molecule has 0 bridgehead atoms. The number of anilines is 1. The summed E-state index contributed by atoms with van der Waals surface area (Å²) in [5, 5.41) is 12.7. The summed E-state index contributed by atoms with van der Waals surface area (Å²) in [5.41, 5.74) is 1.44. The van der Waals surface area contributed by atoms with Crippen LogP contribution in [0.15, 0.2) is 42.5 Å². The first-order valence-electron chi connectivity index (χ1n) is 6.10. The van der Waals surface area contributed by atoms with Crippen LogP contribution in [0.4, 0.5) is 10.1 Å². The Balaban J connectivity index is 2.16. The van der Waals surface area contributed by atoms with E-state index in [1.165, 1.54) is 12.1 Å². The van der Waals surface area contributed by atoms with Gasteiger partial charge in [0, 0.05) is 5.69 Å². The number of methoxy groups -OCH3 is 1. The van der Waals surface area contributed by atoms with E-state index < -0.39 is 11.9 Å². The van der Waals surface area contributed by atoms with Gasteiger partial charge in [-0.25, -0.2) is 4.39 Å². The van der Waals surface area contributed by atoms with E-state index in [0.29, 0.717) is 5.56 Å². The van der Waals surface area contributed by atoms with Crippen LogP contribution in [0.1, 0.15) is 11.6 Å². The van der Waals surface area contributed by atoms with Crippen molar-refractivity contribution in [2.45, 2.75) is 6.04 Å². The molecule has 2 aromatic rings. The van der Waals surface area contributed by atoms with Gasteiger partial charge in [0.25, 0.3) is 0 Å². The van der Waals surface area contributed by atoms with Crippen LogP contribution in [-0.4, -0.2) is 18.8 Å². The molecule has 106 valence electrons. The molecule has 5 heteroatoms. The maximum atomic E-state index is 13.5. The molecule has 3 nitrogen and oxygen atoms in total. The number of hydrogen-bond acceptors (Lipinski definition) is 3. The Morgan fingerprint density at radius 1 is 1.25 bits per heavy atom. The minimum Gasteiger partial charge on any atom is -0.497 e. The van der Waals surface area contributed by atoms with Crippen LogP contribution in [0.5, 0.6) is 5.75 Å². The van der Waals surface area contributed by atoms with Gasteiger partial charge < -0.3 is 15.2 Å². The third-order valence-electron chi connectivity index (χ3n) is 2.96. The summed E-state index contributed by atoms with van der Waals surface area (Å²) in [4.78, 5) is 0. The highest BCUT2D eigenvalue weighted by Crippen LogP contribution is 2.24. The van der Waals surface area contributed by atoms with Crippen molar-refractivity contribution in [2.75, 3.05) is 19.0 Å². The highest BCUT2D eigenvalue weighted by Gasteiger charge is 2.12. The molecular formula is C15H15ClFNO2. The number of aliphatic hydroxyl groups excluding tert-OH is 1. The molecule has 0 aliphatic carbocycles. The van der Waals surface area contributed by atoms with Gasteiger partial charge in [-0.05, 0) is 42.0 Å². The molecular weight excluding hydrogens is 281 g/mol. The monoisotopic (exact) mass is 295 g/mol. The molecule has 0 amide bonds. The molecule has 0 aliphatic rings. The van der Waals surface area contributed by atoms with E-state index in [4.69, 9.17) is 16.3 Å². The number of nitrogens with one attached hydrogen (secondary N) is 1. The molecule has 1 atom stereocenters. The summed E-state index contributed by atoms with van der Waals surface area (Å²) in [6.07, 6.45) is 0. The van der Waals surface area contributed by atoms with Crippen molar-refractivity contribution in [3.63, 3.8) is 0 Å². The fourth-order valence-electron chi connectivity index (χ4n) is 1.85. The summed E-state index contributed by atoms with van der Waals surface area (Å²) in [5.74, 6) is 0.243. The first-order chi connectivity index (χ1) is 9.63. The number of aliphatic hydroxyl groups is 1. The number of rotatable bonds is 5. The molecule has 0 saturated carbocycles. The van der Waals surface area contributed by atoms with E-state index in [9.17, 15) is 9.50 Å². The van der Waals surface area contributed by atoms with Gasteiger partial charge in [-0.1, -0.05) is 17.7 Å². The van der Waals surface area contributed by atoms with Crippen molar-refractivity contribution in [2.24, 2.45) is 0 Å². The van der Waals surface area contributed by atoms with E-state index >= 15 is 0 Å². The fraction of sp³-hybridized carbons (Fsp3) is 0.200. The van der Waals surface area contributed by atoms with Gasteiger partial charge in [0.2, 0.25) is 0 Å². The number of halogens is 2. The number of benzene rings is 2. The quantitative estimate of drug-likeness (QED) is 0.885. The predicted molar refractivity (Wildman–Crippen MR) is 77.9 cm³/mol. The zero-order valence-electron chi connectivity index (χ0n) is 10.9. The lowest BCUT2D eigenvalue weighted by atomic mass is 10.1. The maximum absolute atomic E-state index is 13.5. The van der Waals surface area contributed by atoms with E-state index in [1.807, 2.05) is 12.1 Å². The first-order valence-corrected chi connectivity index (χ1v) is 6.48. The molecule has 0 fully saturated rings. The molecule has 0 aromatic heterocycles. The lowest BCUT2D eigenvalue weighted by Gasteiger charge is -2.18. The first kappa shape index (κ1) is 14.6. The van der Waals surface area contributed by atoms with Crippen LogP contribution in [0.3, 0.4) is 0 Å².